The SMILES string of the molecule is CC1CCCC(C)N1NCC(=O)NCC#N. The first-order valence-electron chi connectivity index (χ1n) is 5.80. The summed E-state index contributed by atoms with van der Waals surface area (Å²) in [6, 6.07) is 2.81. The van der Waals surface area contributed by atoms with E-state index in [1.165, 1.54) is 6.42 Å². The van der Waals surface area contributed by atoms with Crippen LogP contribution in [-0.4, -0.2) is 36.1 Å². The summed E-state index contributed by atoms with van der Waals surface area (Å²) in [4.78, 5) is 11.3. The zero-order valence-corrected chi connectivity index (χ0v) is 9.99. The molecule has 0 radical (unpaired) electrons. The normalized spacial score (nSPS) is 26.1. The summed E-state index contributed by atoms with van der Waals surface area (Å²) in [6.07, 6.45) is 3.58. The van der Waals surface area contributed by atoms with Gasteiger partial charge in [-0.2, -0.15) is 5.26 Å². The fourth-order valence-corrected chi connectivity index (χ4v) is 2.10. The molecule has 0 aromatic rings. The van der Waals surface area contributed by atoms with E-state index in [9.17, 15) is 4.79 Å². The van der Waals surface area contributed by atoms with Gasteiger partial charge in [0, 0.05) is 12.1 Å². The fourth-order valence-electron chi connectivity index (χ4n) is 2.10. The van der Waals surface area contributed by atoms with Gasteiger partial charge in [0.1, 0.15) is 6.54 Å². The molecule has 1 aliphatic heterocycles. The minimum atomic E-state index is -0.133. The topological polar surface area (TPSA) is 68.2 Å². The summed E-state index contributed by atoms with van der Waals surface area (Å²) >= 11 is 0. The van der Waals surface area contributed by atoms with Gasteiger partial charge in [-0.05, 0) is 26.7 Å². The molecular formula is C11H20N4O. The zero-order chi connectivity index (χ0) is 12.0. The Morgan fingerprint density at radius 1 is 1.44 bits per heavy atom. The van der Waals surface area contributed by atoms with Crippen molar-refractivity contribution in [3.8, 4) is 6.07 Å². The number of hydrazine groups is 1. The molecule has 1 amide bonds. The van der Waals surface area contributed by atoms with Crippen LogP contribution in [0.25, 0.3) is 0 Å². The number of carbonyl (C=O) groups is 1. The molecule has 90 valence electrons. The summed E-state index contributed by atoms with van der Waals surface area (Å²) in [6.45, 7) is 4.65. The van der Waals surface area contributed by atoms with Crippen LogP contribution in [0.4, 0.5) is 0 Å². The second-order valence-corrected chi connectivity index (χ2v) is 4.31. The van der Waals surface area contributed by atoms with E-state index in [2.05, 4.69) is 29.6 Å². The number of hydrogen-bond acceptors (Lipinski definition) is 4. The van der Waals surface area contributed by atoms with Gasteiger partial charge in [0.05, 0.1) is 12.6 Å². The molecule has 5 nitrogen and oxygen atoms in total. The van der Waals surface area contributed by atoms with Crippen LogP contribution < -0.4 is 10.7 Å². The van der Waals surface area contributed by atoms with E-state index in [4.69, 9.17) is 5.26 Å². The summed E-state index contributed by atoms with van der Waals surface area (Å²) in [5, 5.41) is 13.0. The first-order valence-corrected chi connectivity index (χ1v) is 5.80. The van der Waals surface area contributed by atoms with Crippen molar-refractivity contribution in [2.45, 2.75) is 45.2 Å². The minimum Gasteiger partial charge on any atom is -0.342 e. The molecule has 2 N–H and O–H groups in total. The number of rotatable bonds is 4. The number of carbonyl (C=O) groups excluding carboxylic acids is 1. The van der Waals surface area contributed by atoms with Crippen molar-refractivity contribution in [3.63, 3.8) is 0 Å². The first-order chi connectivity index (χ1) is 7.65. The third kappa shape index (κ3) is 3.80. The largest absolute Gasteiger partial charge is 0.342 e. The van der Waals surface area contributed by atoms with Gasteiger partial charge in [-0.15, -0.1) is 0 Å². The predicted octanol–water partition coefficient (Wildman–Crippen LogP) is 0.394. The monoisotopic (exact) mass is 224 g/mol. The van der Waals surface area contributed by atoms with Gasteiger partial charge in [0.15, 0.2) is 0 Å². The Balaban J connectivity index is 2.30. The van der Waals surface area contributed by atoms with Gasteiger partial charge in [0.25, 0.3) is 0 Å². The second kappa shape index (κ2) is 6.46. The molecule has 0 aromatic carbocycles. The summed E-state index contributed by atoms with van der Waals surface area (Å²) < 4.78 is 0. The third-order valence-corrected chi connectivity index (χ3v) is 2.98. The predicted molar refractivity (Wildman–Crippen MR) is 61.2 cm³/mol. The molecule has 1 aliphatic rings. The fraction of sp³-hybridized carbons (Fsp3) is 0.818. The molecule has 0 saturated carbocycles. The molecular weight excluding hydrogens is 204 g/mol. The van der Waals surface area contributed by atoms with Gasteiger partial charge in [-0.3, -0.25) is 4.79 Å². The van der Waals surface area contributed by atoms with Gasteiger partial charge in [-0.25, -0.2) is 10.4 Å². The minimum absolute atomic E-state index is 0.0750. The Hall–Kier alpha value is -1.12. The van der Waals surface area contributed by atoms with Crippen molar-refractivity contribution < 1.29 is 4.79 Å². The lowest BCUT2D eigenvalue weighted by atomic mass is 10.00. The molecule has 0 aromatic heterocycles. The molecule has 2 unspecified atom stereocenters. The van der Waals surface area contributed by atoms with Gasteiger partial charge < -0.3 is 5.32 Å². The Kier molecular flexibility index (Phi) is 5.23. The number of nitriles is 1. The summed E-state index contributed by atoms with van der Waals surface area (Å²) in [5.41, 5.74) is 3.14. The van der Waals surface area contributed by atoms with E-state index in [1.54, 1.807) is 0 Å². The Morgan fingerprint density at radius 2 is 2.06 bits per heavy atom. The van der Waals surface area contributed by atoms with Crippen LogP contribution in [0, 0.1) is 11.3 Å². The molecule has 1 fully saturated rings. The highest BCUT2D eigenvalue weighted by Crippen LogP contribution is 2.19. The number of amides is 1. The first kappa shape index (κ1) is 12.9. The van der Waals surface area contributed by atoms with Crippen molar-refractivity contribution in [1.82, 2.24) is 15.8 Å². The number of hydrogen-bond donors (Lipinski definition) is 2. The quantitative estimate of drug-likeness (QED) is 0.678. The highest BCUT2D eigenvalue weighted by Gasteiger charge is 2.24. The average Bonchev–Trinajstić information content (AvgIpc) is 2.25. The molecule has 16 heavy (non-hydrogen) atoms. The molecule has 1 rings (SSSR count). The van der Waals surface area contributed by atoms with Crippen LogP contribution in [0.2, 0.25) is 0 Å². The van der Waals surface area contributed by atoms with Crippen molar-refractivity contribution in [1.29, 1.82) is 5.26 Å². The van der Waals surface area contributed by atoms with E-state index >= 15 is 0 Å². The van der Waals surface area contributed by atoms with Gasteiger partial charge >= 0.3 is 0 Å². The van der Waals surface area contributed by atoms with Gasteiger partial charge in [0.2, 0.25) is 5.91 Å². The van der Waals surface area contributed by atoms with E-state index in [1.807, 2.05) is 6.07 Å². The maximum atomic E-state index is 11.3. The standard InChI is InChI=1S/C11H20N4O/c1-9-4-3-5-10(2)15(9)14-8-11(16)13-7-6-12/h9-10,14H,3-5,7-8H2,1-2H3,(H,13,16). The van der Waals surface area contributed by atoms with Crippen LogP contribution in [-0.2, 0) is 4.79 Å². The van der Waals surface area contributed by atoms with Crippen LogP contribution >= 0.6 is 0 Å². The van der Waals surface area contributed by atoms with Crippen LogP contribution in [0.1, 0.15) is 33.1 Å². The summed E-state index contributed by atoms with van der Waals surface area (Å²) in [5.74, 6) is -0.133. The number of nitrogens with one attached hydrogen (secondary N) is 2. The van der Waals surface area contributed by atoms with Crippen molar-refractivity contribution in [2.75, 3.05) is 13.1 Å². The molecule has 5 heteroatoms. The summed E-state index contributed by atoms with van der Waals surface area (Å²) in [7, 11) is 0. The maximum Gasteiger partial charge on any atom is 0.236 e. The lowest BCUT2D eigenvalue weighted by Crippen LogP contribution is -2.54. The lowest BCUT2D eigenvalue weighted by Gasteiger charge is -2.38. The van der Waals surface area contributed by atoms with E-state index in [0.29, 0.717) is 12.1 Å². The number of nitrogens with zero attached hydrogens (tertiary/aromatic N) is 2. The second-order valence-electron chi connectivity index (χ2n) is 4.31. The lowest BCUT2D eigenvalue weighted by molar-refractivity contribution is -0.121. The average molecular weight is 224 g/mol. The van der Waals surface area contributed by atoms with Crippen LogP contribution in [0.3, 0.4) is 0 Å². The van der Waals surface area contributed by atoms with Crippen molar-refractivity contribution in [3.05, 3.63) is 0 Å². The van der Waals surface area contributed by atoms with Crippen LogP contribution in [0.15, 0.2) is 0 Å². The highest BCUT2D eigenvalue weighted by atomic mass is 16.2. The van der Waals surface area contributed by atoms with Gasteiger partial charge in [-0.1, -0.05) is 6.42 Å². The van der Waals surface area contributed by atoms with E-state index in [0.717, 1.165) is 12.8 Å². The molecule has 0 spiro atoms. The maximum absolute atomic E-state index is 11.3. The molecule has 0 bridgehead atoms. The van der Waals surface area contributed by atoms with E-state index < -0.39 is 0 Å². The molecule has 2 atom stereocenters. The molecule has 0 aliphatic carbocycles. The number of piperidine rings is 1. The zero-order valence-electron chi connectivity index (χ0n) is 9.99. The Labute approximate surface area is 96.8 Å². The molecule has 1 saturated heterocycles. The van der Waals surface area contributed by atoms with Crippen molar-refractivity contribution >= 4 is 5.91 Å². The van der Waals surface area contributed by atoms with E-state index in [-0.39, 0.29) is 19.0 Å². The third-order valence-electron chi connectivity index (χ3n) is 2.98. The molecule has 1 heterocycles. The Morgan fingerprint density at radius 3 is 2.62 bits per heavy atom. The van der Waals surface area contributed by atoms with Crippen molar-refractivity contribution in [2.24, 2.45) is 0 Å². The smallest absolute Gasteiger partial charge is 0.236 e. The highest BCUT2D eigenvalue weighted by molar-refractivity contribution is 5.78. The Bertz CT molecular complexity index is 264. The van der Waals surface area contributed by atoms with Crippen LogP contribution in [0.5, 0.6) is 0 Å².